The summed E-state index contributed by atoms with van der Waals surface area (Å²) < 4.78 is 7.51. The number of carbonyl (C=O) groups is 1. The van der Waals surface area contributed by atoms with Crippen molar-refractivity contribution in [3.8, 4) is 5.75 Å². The summed E-state index contributed by atoms with van der Waals surface area (Å²) in [6.07, 6.45) is 0. The lowest BCUT2D eigenvalue weighted by Crippen LogP contribution is -2.41. The number of hydrogen-bond acceptors (Lipinski definition) is 5. The van der Waals surface area contributed by atoms with Crippen LogP contribution in [0.15, 0.2) is 60.7 Å². The topological polar surface area (TPSA) is 88.4 Å². The molecule has 0 aliphatic rings. The van der Waals surface area contributed by atoms with Crippen molar-refractivity contribution in [1.82, 2.24) is 15.1 Å². The lowest BCUT2D eigenvalue weighted by Gasteiger charge is -2.16. The number of ether oxygens (including phenoxy) is 1. The van der Waals surface area contributed by atoms with Gasteiger partial charge < -0.3 is 20.5 Å². The molecule has 0 aliphatic carbocycles. The smallest absolute Gasteiger partial charge is 0.251 e. The minimum atomic E-state index is -1.43. The molecule has 0 unspecified atom stereocenters. The van der Waals surface area contributed by atoms with Crippen molar-refractivity contribution in [2.24, 2.45) is 0 Å². The number of amides is 1. The Morgan fingerprint density at radius 2 is 1.80 bits per heavy atom. The molecule has 0 saturated heterocycles. The van der Waals surface area contributed by atoms with Gasteiger partial charge in [-0.05, 0) is 55.3 Å². The Labute approximate surface area is 213 Å². The van der Waals surface area contributed by atoms with Gasteiger partial charge in [-0.1, -0.05) is 53.5 Å². The molecule has 35 heavy (non-hydrogen) atoms. The minimum absolute atomic E-state index is 0.314. The summed E-state index contributed by atoms with van der Waals surface area (Å²) >= 11 is 12.3. The van der Waals surface area contributed by atoms with Gasteiger partial charge in [-0.3, -0.25) is 9.48 Å². The van der Waals surface area contributed by atoms with Gasteiger partial charge in [0.1, 0.15) is 11.4 Å². The molecule has 1 amide bonds. The first-order valence-electron chi connectivity index (χ1n) is 11.0. The average molecular weight is 513 g/mol. The first-order valence-corrected chi connectivity index (χ1v) is 11.8. The molecule has 0 aliphatic heterocycles. The van der Waals surface area contributed by atoms with E-state index in [0.29, 0.717) is 34.7 Å². The molecule has 4 aromatic rings. The molecule has 0 fully saturated rings. The Kier molecular flexibility index (Phi) is 7.21. The zero-order chi connectivity index (χ0) is 25.2. The average Bonchev–Trinajstić information content (AvgIpc) is 3.16. The number of methoxy groups -OCH3 is 1. The van der Waals surface area contributed by atoms with Crippen LogP contribution in [0.1, 0.15) is 25.0 Å². The first kappa shape index (κ1) is 24.9. The van der Waals surface area contributed by atoms with E-state index in [1.54, 1.807) is 19.2 Å². The number of nitrogens with zero attached hydrogens (tertiary/aromatic N) is 2. The van der Waals surface area contributed by atoms with Crippen molar-refractivity contribution in [3.05, 3.63) is 81.8 Å². The molecule has 182 valence electrons. The minimum Gasteiger partial charge on any atom is -0.496 e. The predicted octanol–water partition coefficient (Wildman–Crippen LogP) is 5.53. The van der Waals surface area contributed by atoms with Crippen LogP contribution in [0.3, 0.4) is 0 Å². The van der Waals surface area contributed by atoms with E-state index in [4.69, 9.17) is 33.0 Å². The number of fused-ring (bicyclic) bond motifs is 1. The second kappa shape index (κ2) is 10.2. The lowest BCUT2D eigenvalue weighted by atomic mass is 10.1. The van der Waals surface area contributed by atoms with Gasteiger partial charge in [0.25, 0.3) is 5.91 Å². The van der Waals surface area contributed by atoms with Crippen LogP contribution in [0.4, 0.5) is 11.5 Å². The molecule has 1 aromatic heterocycles. The molecule has 3 aromatic carbocycles. The standard InChI is InChI=1S/C26H26Cl2N4O3/c1-26(2,34)25(33)29-14-16-6-4-7-17(12-16)15-32-21-8-5-9-22(35-3)23(21)24(31-32)30-18-10-11-19(27)20(28)13-18/h4-13,34H,14-15H2,1-3H3,(H,29,33)(H,30,31). The van der Waals surface area contributed by atoms with Crippen LogP contribution in [-0.4, -0.2) is 33.5 Å². The Hall–Kier alpha value is -3.26. The van der Waals surface area contributed by atoms with Crippen molar-refractivity contribution < 1.29 is 14.6 Å². The van der Waals surface area contributed by atoms with Gasteiger partial charge in [0.15, 0.2) is 5.82 Å². The zero-order valence-corrected chi connectivity index (χ0v) is 21.1. The van der Waals surface area contributed by atoms with Crippen LogP contribution in [0.25, 0.3) is 10.9 Å². The maximum atomic E-state index is 12.0. The second-order valence-electron chi connectivity index (χ2n) is 8.68. The number of anilines is 2. The van der Waals surface area contributed by atoms with Gasteiger partial charge in [-0.15, -0.1) is 0 Å². The van der Waals surface area contributed by atoms with E-state index in [2.05, 4.69) is 10.6 Å². The van der Waals surface area contributed by atoms with Gasteiger partial charge in [0, 0.05) is 12.2 Å². The van der Waals surface area contributed by atoms with E-state index in [1.165, 1.54) is 13.8 Å². The van der Waals surface area contributed by atoms with Crippen LogP contribution in [0, 0.1) is 0 Å². The molecule has 7 nitrogen and oxygen atoms in total. The van der Waals surface area contributed by atoms with Gasteiger partial charge in [0.2, 0.25) is 0 Å². The summed E-state index contributed by atoms with van der Waals surface area (Å²) in [6, 6.07) is 19.0. The van der Waals surface area contributed by atoms with E-state index in [-0.39, 0.29) is 0 Å². The quantitative estimate of drug-likeness (QED) is 0.288. The van der Waals surface area contributed by atoms with Crippen molar-refractivity contribution in [2.45, 2.75) is 32.5 Å². The summed E-state index contributed by atoms with van der Waals surface area (Å²) in [4.78, 5) is 12.0. The van der Waals surface area contributed by atoms with Crippen molar-refractivity contribution >= 4 is 51.5 Å². The summed E-state index contributed by atoms with van der Waals surface area (Å²) in [7, 11) is 1.63. The molecule has 0 saturated carbocycles. The first-order chi connectivity index (χ1) is 16.7. The Bertz CT molecular complexity index is 1380. The van der Waals surface area contributed by atoms with E-state index >= 15 is 0 Å². The Morgan fingerprint density at radius 1 is 1.06 bits per heavy atom. The van der Waals surface area contributed by atoms with E-state index in [9.17, 15) is 9.90 Å². The summed E-state index contributed by atoms with van der Waals surface area (Å²) in [5.41, 5.74) is 2.15. The van der Waals surface area contributed by atoms with E-state index < -0.39 is 11.5 Å². The van der Waals surface area contributed by atoms with Crippen LogP contribution in [0.2, 0.25) is 10.0 Å². The highest BCUT2D eigenvalue weighted by Gasteiger charge is 2.23. The third kappa shape index (κ3) is 5.70. The van der Waals surface area contributed by atoms with Crippen molar-refractivity contribution in [3.63, 3.8) is 0 Å². The van der Waals surface area contributed by atoms with Crippen molar-refractivity contribution in [2.75, 3.05) is 12.4 Å². The van der Waals surface area contributed by atoms with Crippen LogP contribution < -0.4 is 15.4 Å². The number of carbonyl (C=O) groups excluding carboxylic acids is 1. The molecular weight excluding hydrogens is 487 g/mol. The monoisotopic (exact) mass is 512 g/mol. The predicted molar refractivity (Wildman–Crippen MR) is 140 cm³/mol. The summed E-state index contributed by atoms with van der Waals surface area (Å²) in [5.74, 6) is 0.898. The maximum Gasteiger partial charge on any atom is 0.251 e. The maximum absolute atomic E-state index is 12.0. The van der Waals surface area contributed by atoms with Gasteiger partial charge in [0.05, 0.1) is 34.6 Å². The number of hydrogen-bond donors (Lipinski definition) is 3. The summed E-state index contributed by atoms with van der Waals surface area (Å²) in [5, 5.41) is 22.5. The molecule has 0 spiro atoms. The normalized spacial score (nSPS) is 11.5. The number of rotatable bonds is 8. The molecule has 0 bridgehead atoms. The summed E-state index contributed by atoms with van der Waals surface area (Å²) in [6.45, 7) is 3.73. The van der Waals surface area contributed by atoms with Crippen LogP contribution in [0.5, 0.6) is 5.75 Å². The fourth-order valence-electron chi connectivity index (χ4n) is 3.70. The third-order valence-corrected chi connectivity index (χ3v) is 6.21. The van der Waals surface area contributed by atoms with E-state index in [0.717, 1.165) is 27.7 Å². The van der Waals surface area contributed by atoms with Gasteiger partial charge in [-0.25, -0.2) is 0 Å². The van der Waals surface area contributed by atoms with Crippen LogP contribution >= 0.6 is 23.2 Å². The molecular formula is C26H26Cl2N4O3. The number of aromatic nitrogens is 2. The number of aliphatic hydroxyl groups is 1. The molecule has 0 atom stereocenters. The largest absolute Gasteiger partial charge is 0.496 e. The number of halogens is 2. The molecule has 4 rings (SSSR count). The molecule has 9 heteroatoms. The molecule has 3 N–H and O–H groups in total. The SMILES string of the molecule is COc1cccc2c1c(Nc1ccc(Cl)c(Cl)c1)nn2Cc1cccc(CNC(=O)C(C)(C)O)c1. The van der Waals surface area contributed by atoms with Gasteiger partial charge in [-0.2, -0.15) is 5.10 Å². The highest BCUT2D eigenvalue weighted by molar-refractivity contribution is 6.42. The van der Waals surface area contributed by atoms with Crippen molar-refractivity contribution in [1.29, 1.82) is 0 Å². The zero-order valence-electron chi connectivity index (χ0n) is 19.6. The van der Waals surface area contributed by atoms with Crippen LogP contribution in [-0.2, 0) is 17.9 Å². The Morgan fingerprint density at radius 3 is 2.51 bits per heavy atom. The molecule has 1 heterocycles. The fourth-order valence-corrected chi connectivity index (χ4v) is 3.99. The second-order valence-corrected chi connectivity index (χ2v) is 9.49. The molecule has 0 radical (unpaired) electrons. The fraction of sp³-hybridized carbons (Fsp3) is 0.231. The number of nitrogens with one attached hydrogen (secondary N) is 2. The lowest BCUT2D eigenvalue weighted by molar-refractivity contribution is -0.136. The third-order valence-electron chi connectivity index (χ3n) is 5.47. The highest BCUT2D eigenvalue weighted by Crippen LogP contribution is 2.35. The Balaban J connectivity index is 1.64. The van der Waals surface area contributed by atoms with E-state index in [1.807, 2.05) is 53.2 Å². The number of benzene rings is 3. The highest BCUT2D eigenvalue weighted by atomic mass is 35.5. The van der Waals surface area contributed by atoms with Gasteiger partial charge >= 0.3 is 0 Å².